The van der Waals surface area contributed by atoms with E-state index in [4.69, 9.17) is 0 Å². The molecule has 1 aliphatic heterocycles. The molecule has 2 aliphatic rings. The van der Waals surface area contributed by atoms with Crippen LogP contribution in [-0.4, -0.2) is 23.9 Å². The number of hydrogen-bond acceptors (Lipinski definition) is 1. The Morgan fingerprint density at radius 2 is 1.59 bits per heavy atom. The molecule has 1 spiro atoms. The van der Waals surface area contributed by atoms with E-state index in [-0.39, 0.29) is 27.0 Å². The van der Waals surface area contributed by atoms with Gasteiger partial charge in [0.2, 0.25) is 0 Å². The van der Waals surface area contributed by atoms with Gasteiger partial charge in [0.25, 0.3) is 5.91 Å². The third kappa shape index (κ3) is 3.87. The Morgan fingerprint density at radius 3 is 2.00 bits per heavy atom. The van der Waals surface area contributed by atoms with Crippen molar-refractivity contribution in [1.82, 2.24) is 4.90 Å². The second kappa shape index (κ2) is 7.74. The first kappa shape index (κ1) is 17.0. The van der Waals surface area contributed by atoms with Crippen molar-refractivity contribution < 1.29 is 25.9 Å². The molecular weight excluding hydrogens is 442 g/mol. The standard InChI is InChI=1S/C13H14NO.C6H5.W/c15-12(11-5-2-1-3-6-11)14-9-13(10-14)7-4-8-13;1-2-4-6-5-3-1;/h1-6H,7-10H2;1-5H;/q2*-1;+2. The quantitative estimate of drug-likeness (QED) is 0.595. The van der Waals surface area contributed by atoms with Crippen molar-refractivity contribution in [3.05, 3.63) is 78.7 Å². The summed E-state index contributed by atoms with van der Waals surface area (Å²) in [6, 6.07) is 22.1. The van der Waals surface area contributed by atoms with Gasteiger partial charge in [-0.1, -0.05) is 18.2 Å². The Morgan fingerprint density at radius 1 is 1.00 bits per heavy atom. The molecule has 1 saturated heterocycles. The molecule has 0 bridgehead atoms. The van der Waals surface area contributed by atoms with E-state index in [2.05, 4.69) is 12.5 Å². The minimum Gasteiger partial charge on any atom is -0.338 e. The molecule has 1 heterocycles. The van der Waals surface area contributed by atoms with Crippen LogP contribution in [0, 0.1) is 17.9 Å². The Bertz CT molecular complexity index is 546. The first-order valence-electron chi connectivity index (χ1n) is 7.36. The van der Waals surface area contributed by atoms with Gasteiger partial charge in [0.1, 0.15) is 0 Å². The van der Waals surface area contributed by atoms with Gasteiger partial charge in [-0.15, -0.1) is 0 Å². The third-order valence-corrected chi connectivity index (χ3v) is 4.12. The maximum atomic E-state index is 12.0. The number of likely N-dealkylation sites (tertiary alicyclic amines) is 1. The second-order valence-corrected chi connectivity index (χ2v) is 5.80. The van der Waals surface area contributed by atoms with Crippen LogP contribution in [-0.2, 0) is 21.1 Å². The van der Waals surface area contributed by atoms with Crippen molar-refractivity contribution in [3.8, 4) is 0 Å². The van der Waals surface area contributed by atoms with Crippen LogP contribution in [0.3, 0.4) is 0 Å². The molecule has 1 saturated carbocycles. The first-order valence-corrected chi connectivity index (χ1v) is 7.36. The summed E-state index contributed by atoms with van der Waals surface area (Å²) in [5, 5.41) is 0. The van der Waals surface area contributed by atoms with Gasteiger partial charge in [0, 0.05) is 18.7 Å². The molecule has 2 nitrogen and oxygen atoms in total. The van der Waals surface area contributed by atoms with E-state index in [0.29, 0.717) is 5.41 Å². The number of carbonyl (C=O) groups excluding carboxylic acids is 1. The fourth-order valence-corrected chi connectivity index (χ4v) is 2.82. The number of nitrogens with zero attached hydrogens (tertiary/aromatic N) is 1. The Kier molecular flexibility index (Phi) is 5.97. The van der Waals surface area contributed by atoms with Crippen LogP contribution in [0.25, 0.3) is 0 Å². The smallest absolute Gasteiger partial charge is 0.338 e. The van der Waals surface area contributed by atoms with Gasteiger partial charge in [-0.25, -0.2) is 0 Å². The Hall–Kier alpha value is -1.40. The molecule has 112 valence electrons. The van der Waals surface area contributed by atoms with Crippen molar-refractivity contribution in [2.75, 3.05) is 13.1 Å². The summed E-state index contributed by atoms with van der Waals surface area (Å²) in [7, 11) is 0. The van der Waals surface area contributed by atoms with Crippen LogP contribution >= 0.6 is 0 Å². The van der Waals surface area contributed by atoms with Crippen LogP contribution in [0.1, 0.15) is 23.2 Å². The van der Waals surface area contributed by atoms with Crippen LogP contribution in [0.15, 0.2) is 60.7 Å². The van der Waals surface area contributed by atoms with Gasteiger partial charge < -0.3 is 11.3 Å². The largest absolute Gasteiger partial charge is 2.00 e. The Balaban J connectivity index is 0.000000215. The molecule has 1 amide bonds. The number of carbonyl (C=O) groups is 1. The molecule has 2 fully saturated rings. The van der Waals surface area contributed by atoms with Crippen molar-refractivity contribution >= 4 is 5.91 Å². The van der Waals surface area contributed by atoms with Gasteiger partial charge in [-0.05, 0) is 17.5 Å². The Labute approximate surface area is 146 Å². The molecule has 22 heavy (non-hydrogen) atoms. The molecule has 0 atom stereocenters. The SMILES string of the molecule is O=C(c1ccccc1)N1CC2(C[CH-]C2)C1.[W+2].[c-]1ccccc1. The van der Waals surface area contributed by atoms with E-state index < -0.39 is 0 Å². The van der Waals surface area contributed by atoms with E-state index in [1.165, 1.54) is 12.8 Å². The zero-order chi connectivity index (χ0) is 14.5. The number of rotatable bonds is 1. The number of amides is 1. The van der Waals surface area contributed by atoms with Crippen LogP contribution in [0.4, 0.5) is 0 Å². The zero-order valence-electron chi connectivity index (χ0n) is 12.4. The van der Waals surface area contributed by atoms with E-state index in [1.807, 2.05) is 65.6 Å². The monoisotopic (exact) mass is 461 g/mol. The molecule has 2 aromatic rings. The van der Waals surface area contributed by atoms with E-state index in [9.17, 15) is 4.79 Å². The molecule has 4 rings (SSSR count). The third-order valence-electron chi connectivity index (χ3n) is 4.12. The van der Waals surface area contributed by atoms with E-state index in [1.54, 1.807) is 0 Å². The molecule has 0 N–H and O–H groups in total. The summed E-state index contributed by atoms with van der Waals surface area (Å²) in [6.07, 6.45) is 4.71. The predicted molar refractivity (Wildman–Crippen MR) is 83.6 cm³/mol. The van der Waals surface area contributed by atoms with Crippen molar-refractivity contribution in [3.63, 3.8) is 0 Å². The van der Waals surface area contributed by atoms with Gasteiger partial charge in [-0.2, -0.15) is 49.2 Å². The topological polar surface area (TPSA) is 20.3 Å². The molecule has 0 unspecified atom stereocenters. The molecule has 2 aromatic carbocycles. The summed E-state index contributed by atoms with van der Waals surface area (Å²) < 4.78 is 0. The van der Waals surface area contributed by atoms with Gasteiger partial charge in [-0.3, -0.25) is 4.79 Å². The molecule has 1 aliphatic carbocycles. The molecule has 0 radical (unpaired) electrons. The minimum atomic E-state index is 0. The van der Waals surface area contributed by atoms with Gasteiger partial charge in [0.05, 0.1) is 0 Å². The maximum Gasteiger partial charge on any atom is 2.00 e. The molecular formula is C19H19NOW. The van der Waals surface area contributed by atoms with E-state index in [0.717, 1.165) is 18.7 Å². The summed E-state index contributed by atoms with van der Waals surface area (Å²) >= 11 is 0. The van der Waals surface area contributed by atoms with Crippen molar-refractivity contribution in [2.45, 2.75) is 12.8 Å². The van der Waals surface area contributed by atoms with Gasteiger partial charge >= 0.3 is 21.1 Å². The summed E-state index contributed by atoms with van der Waals surface area (Å²) in [5.41, 5.74) is 1.29. The fourth-order valence-electron chi connectivity index (χ4n) is 2.82. The van der Waals surface area contributed by atoms with Crippen molar-refractivity contribution in [2.24, 2.45) is 5.41 Å². The first-order chi connectivity index (χ1) is 10.3. The van der Waals surface area contributed by atoms with Crippen LogP contribution in [0.2, 0.25) is 0 Å². The minimum absolute atomic E-state index is 0. The average Bonchev–Trinajstić information content (AvgIpc) is 2.48. The predicted octanol–water partition coefficient (Wildman–Crippen LogP) is 3.61. The number of benzene rings is 2. The zero-order valence-corrected chi connectivity index (χ0v) is 15.4. The summed E-state index contributed by atoms with van der Waals surface area (Å²) in [6.45, 7) is 1.91. The summed E-state index contributed by atoms with van der Waals surface area (Å²) in [4.78, 5) is 13.9. The average molecular weight is 461 g/mol. The van der Waals surface area contributed by atoms with Crippen LogP contribution in [0.5, 0.6) is 0 Å². The maximum absolute atomic E-state index is 12.0. The second-order valence-electron chi connectivity index (χ2n) is 5.80. The van der Waals surface area contributed by atoms with Crippen molar-refractivity contribution in [1.29, 1.82) is 0 Å². The van der Waals surface area contributed by atoms with Crippen LogP contribution < -0.4 is 0 Å². The molecule has 3 heteroatoms. The fraction of sp³-hybridized carbons (Fsp3) is 0.263. The molecule has 0 aromatic heterocycles. The normalized spacial score (nSPS) is 17.2. The van der Waals surface area contributed by atoms with Gasteiger partial charge in [0.15, 0.2) is 0 Å². The number of hydrogen-bond donors (Lipinski definition) is 0. The van der Waals surface area contributed by atoms with E-state index >= 15 is 0 Å². The summed E-state index contributed by atoms with van der Waals surface area (Å²) in [5.74, 6) is 0.188.